The first kappa shape index (κ1) is 21.0. The Kier molecular flexibility index (Phi) is 6.15. The van der Waals surface area contributed by atoms with Crippen LogP contribution < -0.4 is 10.3 Å². The van der Waals surface area contributed by atoms with Crippen LogP contribution in [0, 0.1) is 0 Å². The molecule has 10 heteroatoms. The van der Waals surface area contributed by atoms with Gasteiger partial charge in [-0.3, -0.25) is 9.69 Å². The first-order chi connectivity index (χ1) is 15.7. The van der Waals surface area contributed by atoms with Gasteiger partial charge in [-0.1, -0.05) is 0 Å². The van der Waals surface area contributed by atoms with E-state index >= 15 is 0 Å². The zero-order chi connectivity index (χ0) is 21.9. The van der Waals surface area contributed by atoms with Crippen LogP contribution in [-0.4, -0.2) is 75.7 Å². The van der Waals surface area contributed by atoms with Crippen LogP contribution in [0.4, 0.5) is 0 Å². The van der Waals surface area contributed by atoms with Crippen LogP contribution in [0.2, 0.25) is 0 Å². The summed E-state index contributed by atoms with van der Waals surface area (Å²) in [4.78, 5) is 18.5. The van der Waals surface area contributed by atoms with Gasteiger partial charge in [0, 0.05) is 36.2 Å². The predicted molar refractivity (Wildman–Crippen MR) is 117 cm³/mol. The molecule has 2 aliphatic rings. The quantitative estimate of drug-likeness (QED) is 0.589. The summed E-state index contributed by atoms with van der Waals surface area (Å²) in [5, 5.41) is 13.5. The molecular weight excluding hydrogens is 412 g/mol. The van der Waals surface area contributed by atoms with Gasteiger partial charge < -0.3 is 19.2 Å². The average Bonchev–Trinajstić information content (AvgIpc) is 3.49. The Hall–Kier alpha value is -2.82. The molecule has 2 aromatic heterocycles. The van der Waals surface area contributed by atoms with E-state index in [1.807, 2.05) is 31.2 Å². The number of hydrogen-bond acceptors (Lipinski definition) is 8. The third-order valence-electron chi connectivity index (χ3n) is 6.07. The molecule has 0 spiro atoms. The molecule has 2 saturated heterocycles. The first-order valence-electron chi connectivity index (χ1n) is 11.2. The lowest BCUT2D eigenvalue weighted by Crippen LogP contribution is -2.42. The Morgan fingerprint density at radius 1 is 1.25 bits per heavy atom. The maximum atomic E-state index is 13.2. The summed E-state index contributed by atoms with van der Waals surface area (Å²) in [5.74, 6) is 1.41. The Labute approximate surface area is 185 Å². The highest BCUT2D eigenvalue weighted by Gasteiger charge is 2.32. The lowest BCUT2D eigenvalue weighted by Gasteiger charge is -2.33. The summed E-state index contributed by atoms with van der Waals surface area (Å²) < 4.78 is 18.8. The third-order valence-corrected chi connectivity index (χ3v) is 6.07. The largest absolute Gasteiger partial charge is 0.494 e. The van der Waals surface area contributed by atoms with Crippen molar-refractivity contribution < 1.29 is 14.2 Å². The summed E-state index contributed by atoms with van der Waals surface area (Å²) >= 11 is 0. The van der Waals surface area contributed by atoms with E-state index < -0.39 is 0 Å². The number of aromatic amines is 1. The Balaban J connectivity index is 1.58. The van der Waals surface area contributed by atoms with Crippen LogP contribution in [0.3, 0.4) is 0 Å². The number of tetrazole rings is 1. The maximum Gasteiger partial charge on any atom is 0.253 e. The fourth-order valence-electron chi connectivity index (χ4n) is 4.51. The second kappa shape index (κ2) is 9.35. The number of hydrogen-bond donors (Lipinski definition) is 1. The van der Waals surface area contributed by atoms with Gasteiger partial charge in [0.05, 0.1) is 32.5 Å². The van der Waals surface area contributed by atoms with Gasteiger partial charge in [0.15, 0.2) is 5.82 Å². The van der Waals surface area contributed by atoms with Gasteiger partial charge in [0.2, 0.25) is 0 Å². The van der Waals surface area contributed by atoms with Gasteiger partial charge in [0.1, 0.15) is 11.8 Å². The monoisotopic (exact) mass is 440 g/mol. The van der Waals surface area contributed by atoms with Gasteiger partial charge in [-0.2, -0.15) is 0 Å². The SMILES string of the molecule is CCOc1ccc2[nH]c(=O)c([C@@H](c3nnnn3C[C@H]3CCCO3)N3CCOCC3)cc2c1. The summed E-state index contributed by atoms with van der Waals surface area (Å²) in [5.41, 5.74) is 1.23. The van der Waals surface area contributed by atoms with Gasteiger partial charge >= 0.3 is 0 Å². The fraction of sp³-hybridized carbons (Fsp3) is 0.545. The van der Waals surface area contributed by atoms with E-state index in [4.69, 9.17) is 14.2 Å². The van der Waals surface area contributed by atoms with E-state index in [1.54, 1.807) is 4.68 Å². The predicted octanol–water partition coefficient (Wildman–Crippen LogP) is 1.51. The van der Waals surface area contributed by atoms with Crippen LogP contribution in [0.1, 0.15) is 37.2 Å². The van der Waals surface area contributed by atoms with Crippen molar-refractivity contribution >= 4 is 10.9 Å². The first-order valence-corrected chi connectivity index (χ1v) is 11.2. The number of nitrogens with zero attached hydrogens (tertiary/aromatic N) is 5. The van der Waals surface area contributed by atoms with Crippen molar-refractivity contribution in [2.24, 2.45) is 0 Å². The third kappa shape index (κ3) is 4.25. The summed E-state index contributed by atoms with van der Waals surface area (Å²) in [6.45, 7) is 6.45. The van der Waals surface area contributed by atoms with E-state index in [1.165, 1.54) is 0 Å². The van der Waals surface area contributed by atoms with Crippen LogP contribution in [0.15, 0.2) is 29.1 Å². The van der Waals surface area contributed by atoms with Gasteiger partial charge in [-0.05, 0) is 54.5 Å². The molecular formula is C22H28N6O4. The summed E-state index contributed by atoms with van der Waals surface area (Å²) in [6, 6.07) is 7.23. The minimum absolute atomic E-state index is 0.0891. The number of rotatable bonds is 7. The fourth-order valence-corrected chi connectivity index (χ4v) is 4.51. The topological polar surface area (TPSA) is 107 Å². The molecule has 2 aliphatic heterocycles. The van der Waals surface area contributed by atoms with E-state index in [0.717, 1.165) is 36.1 Å². The molecule has 0 amide bonds. The molecule has 3 aromatic rings. The second-order valence-electron chi connectivity index (χ2n) is 8.14. The number of morpholine rings is 1. The van der Waals surface area contributed by atoms with E-state index in [9.17, 15) is 4.79 Å². The molecule has 5 rings (SSSR count). The molecule has 0 radical (unpaired) electrons. The highest BCUT2D eigenvalue weighted by Crippen LogP contribution is 2.29. The Morgan fingerprint density at radius 2 is 2.12 bits per heavy atom. The van der Waals surface area contributed by atoms with Gasteiger partial charge in [0.25, 0.3) is 5.56 Å². The van der Waals surface area contributed by atoms with Gasteiger partial charge in [-0.15, -0.1) is 5.10 Å². The number of pyridine rings is 1. The standard InChI is InChI=1S/C22H28N6O4/c1-2-31-16-5-6-19-15(12-16)13-18(22(29)23-19)20(27-7-10-30-11-8-27)21-24-25-26-28(21)14-17-4-3-9-32-17/h5-6,12-13,17,20H,2-4,7-11,14H2,1H3,(H,23,29)/t17-,20+/m1/s1. The van der Waals surface area contributed by atoms with Crippen LogP contribution in [0.5, 0.6) is 5.75 Å². The summed E-state index contributed by atoms with van der Waals surface area (Å²) in [6.07, 6.45) is 2.12. The molecule has 0 saturated carbocycles. The zero-order valence-electron chi connectivity index (χ0n) is 18.2. The van der Waals surface area contributed by atoms with Crippen molar-refractivity contribution in [3.63, 3.8) is 0 Å². The van der Waals surface area contributed by atoms with Crippen molar-refractivity contribution in [1.82, 2.24) is 30.1 Å². The Bertz CT molecular complexity index is 1120. The molecule has 1 N–H and O–H groups in total. The molecule has 2 atom stereocenters. The smallest absolute Gasteiger partial charge is 0.253 e. The lowest BCUT2D eigenvalue weighted by molar-refractivity contribution is 0.0205. The zero-order valence-corrected chi connectivity index (χ0v) is 18.2. The molecule has 0 aliphatic carbocycles. The lowest BCUT2D eigenvalue weighted by atomic mass is 10.0. The number of aromatic nitrogens is 5. The number of H-pyrrole nitrogens is 1. The van der Waals surface area contributed by atoms with Crippen molar-refractivity contribution in [2.45, 2.75) is 38.5 Å². The van der Waals surface area contributed by atoms with E-state index in [-0.39, 0.29) is 17.7 Å². The van der Waals surface area contributed by atoms with Crippen LogP contribution in [0.25, 0.3) is 10.9 Å². The van der Waals surface area contributed by atoms with Crippen LogP contribution >= 0.6 is 0 Å². The molecule has 0 unspecified atom stereocenters. The van der Waals surface area contributed by atoms with E-state index in [2.05, 4.69) is 25.4 Å². The molecule has 2 fully saturated rings. The van der Waals surface area contributed by atoms with Crippen molar-refractivity contribution in [3.05, 3.63) is 46.0 Å². The normalized spacial score (nSPS) is 20.6. The van der Waals surface area contributed by atoms with Gasteiger partial charge in [-0.25, -0.2) is 4.68 Å². The number of ether oxygens (including phenoxy) is 3. The number of benzene rings is 1. The molecule has 0 bridgehead atoms. The highest BCUT2D eigenvalue weighted by molar-refractivity contribution is 5.80. The Morgan fingerprint density at radius 3 is 2.91 bits per heavy atom. The number of nitrogens with one attached hydrogen (secondary N) is 1. The van der Waals surface area contributed by atoms with E-state index in [0.29, 0.717) is 50.8 Å². The molecule has 32 heavy (non-hydrogen) atoms. The minimum atomic E-state index is -0.390. The molecule has 10 nitrogen and oxygen atoms in total. The molecule has 170 valence electrons. The summed E-state index contributed by atoms with van der Waals surface area (Å²) in [7, 11) is 0. The molecule has 1 aromatic carbocycles. The molecule has 4 heterocycles. The van der Waals surface area contributed by atoms with Crippen LogP contribution in [-0.2, 0) is 16.0 Å². The van der Waals surface area contributed by atoms with Crippen molar-refractivity contribution in [1.29, 1.82) is 0 Å². The average molecular weight is 441 g/mol. The maximum absolute atomic E-state index is 13.2. The number of fused-ring (bicyclic) bond motifs is 1. The van der Waals surface area contributed by atoms with Crippen molar-refractivity contribution in [2.75, 3.05) is 39.5 Å². The minimum Gasteiger partial charge on any atom is -0.494 e. The second-order valence-corrected chi connectivity index (χ2v) is 8.14. The highest BCUT2D eigenvalue weighted by atomic mass is 16.5. The van der Waals surface area contributed by atoms with Crippen molar-refractivity contribution in [3.8, 4) is 5.75 Å².